The van der Waals surface area contributed by atoms with Crippen molar-refractivity contribution in [2.45, 2.75) is 123 Å². The number of nitrogens with zero attached hydrogens (tertiary/aromatic N) is 1. The summed E-state index contributed by atoms with van der Waals surface area (Å²) in [5, 5.41) is 20.2. The molecule has 0 saturated carbocycles. The number of alkyl halides is 2. The minimum atomic E-state index is -1.31. The van der Waals surface area contributed by atoms with Gasteiger partial charge >= 0.3 is 0 Å². The van der Waals surface area contributed by atoms with Crippen LogP contribution >= 0.6 is 23.2 Å². The third kappa shape index (κ3) is 19.5. The molecule has 0 unspecified atom stereocenters. The number of anilines is 1. The van der Waals surface area contributed by atoms with Gasteiger partial charge in [-0.3, -0.25) is 38.4 Å². The number of hydrogen-bond donors (Lipinski definition) is 10. The minimum absolute atomic E-state index is 0.0489. The Hall–Kier alpha value is -5.92. The van der Waals surface area contributed by atoms with Crippen LogP contribution in [0.3, 0.4) is 0 Å². The number of amides is 8. The van der Waals surface area contributed by atoms with E-state index < -0.39 is 83.4 Å². The number of carbonyl (C=O) groups excluding carboxylic acids is 8. The van der Waals surface area contributed by atoms with Gasteiger partial charge in [0.1, 0.15) is 24.2 Å². The average molecular weight is 1020 g/mol. The fourth-order valence-electron chi connectivity index (χ4n) is 7.75. The van der Waals surface area contributed by atoms with Crippen molar-refractivity contribution in [3.63, 3.8) is 0 Å². The molecular formula is C49H73Cl2N11O8. The number of carbonyl (C=O) groups is 8. The molecule has 0 aliphatic carbocycles. The Morgan fingerprint density at radius 1 is 0.729 bits per heavy atom. The van der Waals surface area contributed by atoms with Gasteiger partial charge in [0.15, 0.2) is 0 Å². The van der Waals surface area contributed by atoms with E-state index in [0.717, 1.165) is 29.4 Å². The summed E-state index contributed by atoms with van der Waals surface area (Å²) in [6.07, 6.45) is 4.08. The molecule has 8 amide bonds. The summed E-state index contributed by atoms with van der Waals surface area (Å²) >= 11 is 11.9. The lowest BCUT2D eigenvalue weighted by molar-refractivity contribution is -0.134. The first-order valence-corrected chi connectivity index (χ1v) is 25.0. The number of aromatic amines is 1. The number of benzene rings is 2. The topological polar surface area (TPSA) is 292 Å². The summed E-state index contributed by atoms with van der Waals surface area (Å²) in [4.78, 5) is 111. The molecule has 0 spiro atoms. The van der Waals surface area contributed by atoms with Gasteiger partial charge in [-0.2, -0.15) is 0 Å². The summed E-state index contributed by atoms with van der Waals surface area (Å²) in [7, 11) is 0. The van der Waals surface area contributed by atoms with Gasteiger partial charge in [-0.05, 0) is 73.9 Å². The molecule has 386 valence electrons. The number of para-hydroxylation sites is 1. The Kier molecular flexibility index (Phi) is 25.0. The Labute approximate surface area is 420 Å². The molecule has 0 fully saturated rings. The van der Waals surface area contributed by atoms with E-state index in [1.807, 2.05) is 49.9 Å². The second-order valence-electron chi connectivity index (χ2n) is 18.1. The number of fused-ring (bicyclic) bond motifs is 1. The Morgan fingerprint density at radius 2 is 1.39 bits per heavy atom. The molecule has 21 heteroatoms. The number of halogens is 2. The predicted molar refractivity (Wildman–Crippen MR) is 273 cm³/mol. The second-order valence-corrected chi connectivity index (χ2v) is 18.9. The van der Waals surface area contributed by atoms with E-state index in [0.29, 0.717) is 49.8 Å². The van der Waals surface area contributed by atoms with Crippen LogP contribution in [-0.4, -0.2) is 126 Å². The molecule has 2 aromatic carbocycles. The third-order valence-electron chi connectivity index (χ3n) is 11.6. The van der Waals surface area contributed by atoms with E-state index in [-0.39, 0.29) is 43.3 Å². The quantitative estimate of drug-likeness (QED) is 0.0408. The van der Waals surface area contributed by atoms with Crippen molar-refractivity contribution in [1.82, 2.24) is 42.2 Å². The molecule has 0 bridgehead atoms. The van der Waals surface area contributed by atoms with Crippen LogP contribution in [0.1, 0.15) is 96.0 Å². The summed E-state index contributed by atoms with van der Waals surface area (Å²) in [5.41, 5.74) is 13.5. The van der Waals surface area contributed by atoms with Crippen LogP contribution in [0, 0.1) is 11.8 Å². The van der Waals surface area contributed by atoms with Crippen LogP contribution in [0.2, 0.25) is 0 Å². The van der Waals surface area contributed by atoms with Crippen molar-refractivity contribution in [3.8, 4) is 0 Å². The van der Waals surface area contributed by atoms with Gasteiger partial charge in [0, 0.05) is 78.6 Å². The molecule has 3 rings (SSSR count). The highest BCUT2D eigenvalue weighted by Crippen LogP contribution is 2.20. The maximum Gasteiger partial charge on any atom is 0.251 e. The number of H-pyrrole nitrogens is 1. The maximum atomic E-state index is 14.2. The van der Waals surface area contributed by atoms with Crippen molar-refractivity contribution in [3.05, 3.63) is 65.9 Å². The zero-order valence-electron chi connectivity index (χ0n) is 41.1. The molecule has 0 aliphatic rings. The van der Waals surface area contributed by atoms with Gasteiger partial charge in [-0.1, -0.05) is 65.7 Å². The zero-order chi connectivity index (χ0) is 51.9. The van der Waals surface area contributed by atoms with Crippen LogP contribution in [0.5, 0.6) is 0 Å². The van der Waals surface area contributed by atoms with Crippen molar-refractivity contribution in [1.29, 1.82) is 0 Å². The zero-order valence-corrected chi connectivity index (χ0v) is 42.6. The van der Waals surface area contributed by atoms with E-state index in [4.69, 9.17) is 34.7 Å². The molecule has 1 heterocycles. The van der Waals surface area contributed by atoms with Gasteiger partial charge in [0.25, 0.3) is 5.91 Å². The molecule has 0 radical (unpaired) electrons. The standard InChI is InChI=1S/C49H73Cl2N11O8/c1-7-8-12-38(44(53)65)55-27-34(24-29(2)3)58-42(64)28-56-49(70)43(30(4)5)61-45(66)31(6)57-48(69)40(25-33-26-54-37-13-10-9-11-36(33)37)60-47(68)39(18-19-41(52)63)59-46(67)32-14-16-35(17-15-32)62(22-20-50)23-21-51/h9-11,13-17,26,29-31,34,38-40,43,54-55H,7-8,12,18-25,27-28H2,1-6H3,(H2,52,63)(H2,53,65)(H,56,70)(H,57,69)(H,58,64)(H,59,67)(H,60,68)(H,61,66)/t31-,34-,38-,39-,40-,43-/m0/s1. The summed E-state index contributed by atoms with van der Waals surface area (Å²) < 4.78 is 0. The van der Waals surface area contributed by atoms with Crippen LogP contribution < -0.4 is 53.6 Å². The average Bonchev–Trinajstić information content (AvgIpc) is 3.72. The van der Waals surface area contributed by atoms with Crippen LogP contribution in [0.15, 0.2) is 54.7 Å². The second kappa shape index (κ2) is 30.0. The first kappa shape index (κ1) is 58.4. The fourth-order valence-corrected chi connectivity index (χ4v) is 8.15. The Morgan fingerprint density at radius 3 is 1.99 bits per heavy atom. The Bertz CT molecular complexity index is 2200. The molecule has 12 N–H and O–H groups in total. The molecule has 0 saturated heterocycles. The first-order valence-electron chi connectivity index (χ1n) is 23.9. The summed E-state index contributed by atoms with van der Waals surface area (Å²) in [5.74, 6) is -4.66. The van der Waals surface area contributed by atoms with Crippen LogP contribution in [0.25, 0.3) is 10.9 Å². The number of aromatic nitrogens is 1. The largest absolute Gasteiger partial charge is 0.370 e. The summed E-state index contributed by atoms with van der Waals surface area (Å²) in [6, 6.07) is 8.12. The highest BCUT2D eigenvalue weighted by atomic mass is 35.5. The van der Waals surface area contributed by atoms with E-state index in [1.165, 1.54) is 6.92 Å². The van der Waals surface area contributed by atoms with Gasteiger partial charge < -0.3 is 58.6 Å². The number of hydrogen-bond acceptors (Lipinski definition) is 10. The molecule has 19 nitrogen and oxygen atoms in total. The normalized spacial score (nSPS) is 13.9. The predicted octanol–water partition coefficient (Wildman–Crippen LogP) is 2.47. The molecular weight excluding hydrogens is 942 g/mol. The number of nitrogens with two attached hydrogens (primary N) is 2. The van der Waals surface area contributed by atoms with Crippen molar-refractivity contribution < 1.29 is 38.4 Å². The van der Waals surface area contributed by atoms with Gasteiger partial charge in [-0.15, -0.1) is 23.2 Å². The lowest BCUT2D eigenvalue weighted by Crippen LogP contribution is -2.59. The number of nitrogens with one attached hydrogen (secondary N) is 8. The summed E-state index contributed by atoms with van der Waals surface area (Å²) in [6.45, 7) is 11.8. The SMILES string of the molecule is CCCC[C@H](NC[C@H](CC(C)C)NC(=O)CNC(=O)[C@@H](NC(=O)[C@H](C)NC(=O)[C@H](Cc1c[nH]c2ccccc12)NC(=O)[C@H](CCC(N)=O)NC(=O)c1ccc(N(CCCl)CCCl)cc1)C(C)C)C(N)=O. The monoisotopic (exact) mass is 1010 g/mol. The fraction of sp³-hybridized carbons (Fsp3) is 0.551. The lowest BCUT2D eigenvalue weighted by atomic mass is 10.0. The first-order chi connectivity index (χ1) is 33.3. The van der Waals surface area contributed by atoms with Gasteiger partial charge in [-0.25, -0.2) is 0 Å². The Balaban J connectivity index is 1.75. The van der Waals surface area contributed by atoms with E-state index in [2.05, 4.69) is 42.2 Å². The van der Waals surface area contributed by atoms with Crippen molar-refractivity contribution in [2.75, 3.05) is 42.8 Å². The molecule has 1 aromatic heterocycles. The molecule has 6 atom stereocenters. The van der Waals surface area contributed by atoms with Gasteiger partial charge in [0.05, 0.1) is 12.6 Å². The molecule has 0 aliphatic heterocycles. The van der Waals surface area contributed by atoms with E-state index in [1.54, 1.807) is 44.3 Å². The van der Waals surface area contributed by atoms with Crippen molar-refractivity contribution >= 4 is 87.0 Å². The minimum Gasteiger partial charge on any atom is -0.370 e. The van der Waals surface area contributed by atoms with E-state index >= 15 is 0 Å². The molecule has 70 heavy (non-hydrogen) atoms. The third-order valence-corrected chi connectivity index (χ3v) is 11.9. The highest BCUT2D eigenvalue weighted by Gasteiger charge is 2.32. The number of rotatable bonds is 32. The van der Waals surface area contributed by atoms with Gasteiger partial charge in [0.2, 0.25) is 41.4 Å². The van der Waals surface area contributed by atoms with Crippen LogP contribution in [0.4, 0.5) is 5.69 Å². The highest BCUT2D eigenvalue weighted by molar-refractivity contribution is 6.18. The molecule has 3 aromatic rings. The number of primary amides is 2. The van der Waals surface area contributed by atoms with Crippen molar-refractivity contribution in [2.24, 2.45) is 23.3 Å². The lowest BCUT2D eigenvalue weighted by Gasteiger charge is -2.26. The smallest absolute Gasteiger partial charge is 0.251 e. The maximum absolute atomic E-state index is 14.2. The number of unbranched alkanes of at least 4 members (excludes halogenated alkanes) is 1. The van der Waals surface area contributed by atoms with E-state index in [9.17, 15) is 38.4 Å². The van der Waals surface area contributed by atoms with Crippen LogP contribution in [-0.2, 0) is 40.0 Å².